The van der Waals surface area contributed by atoms with Crippen LogP contribution in [-0.2, 0) is 4.79 Å². The van der Waals surface area contributed by atoms with Crippen molar-refractivity contribution in [1.82, 2.24) is 0 Å². The first-order valence-electron chi connectivity index (χ1n) is 5.97. The lowest BCUT2D eigenvalue weighted by atomic mass is 9.97. The van der Waals surface area contributed by atoms with Gasteiger partial charge < -0.3 is 10.6 Å². The predicted octanol–water partition coefficient (Wildman–Crippen LogP) is 1.44. The Morgan fingerprint density at radius 1 is 1.53 bits per heavy atom. The van der Waals surface area contributed by atoms with Crippen LogP contribution in [0.1, 0.15) is 12.8 Å². The molecule has 0 spiro atoms. The van der Waals surface area contributed by atoms with E-state index >= 15 is 0 Å². The fourth-order valence-electron chi connectivity index (χ4n) is 2.34. The summed E-state index contributed by atoms with van der Waals surface area (Å²) in [5.74, 6) is -1.38. The molecule has 1 saturated heterocycles. The van der Waals surface area contributed by atoms with Gasteiger partial charge in [0.05, 0.1) is 16.9 Å². The van der Waals surface area contributed by atoms with Gasteiger partial charge in [0.15, 0.2) is 0 Å². The summed E-state index contributed by atoms with van der Waals surface area (Å²) in [5.41, 5.74) is 5.31. The summed E-state index contributed by atoms with van der Waals surface area (Å²) in [4.78, 5) is 23.3. The average molecular weight is 267 g/mol. The lowest BCUT2D eigenvalue weighted by Gasteiger charge is -2.32. The van der Waals surface area contributed by atoms with Crippen LogP contribution in [-0.4, -0.2) is 23.9 Å². The first kappa shape index (κ1) is 13.3. The summed E-state index contributed by atoms with van der Waals surface area (Å²) in [5, 5.41) is 11.0. The third-order valence-corrected chi connectivity index (χ3v) is 3.30. The number of carbonyl (C=O) groups excluding carboxylic acids is 1. The quantitative estimate of drug-likeness (QED) is 0.662. The Hall–Kier alpha value is -2.18. The third kappa shape index (κ3) is 2.81. The van der Waals surface area contributed by atoms with E-state index in [2.05, 4.69) is 0 Å². The summed E-state index contributed by atoms with van der Waals surface area (Å²) in [7, 11) is 0. The molecule has 0 radical (unpaired) electrons. The highest BCUT2D eigenvalue weighted by atomic mass is 19.1. The van der Waals surface area contributed by atoms with Crippen LogP contribution in [0.15, 0.2) is 18.2 Å². The maximum absolute atomic E-state index is 13.1. The van der Waals surface area contributed by atoms with Gasteiger partial charge in [0.25, 0.3) is 5.69 Å². The summed E-state index contributed by atoms with van der Waals surface area (Å²) in [6.45, 7) is 0.929. The van der Waals surface area contributed by atoms with Crippen molar-refractivity contribution in [3.8, 4) is 0 Å². The molecule has 2 N–H and O–H groups in total. The minimum absolute atomic E-state index is 0.287. The molecule has 7 heteroatoms. The summed E-state index contributed by atoms with van der Waals surface area (Å²) < 4.78 is 13.1. The molecule has 2 rings (SSSR count). The molecule has 0 aliphatic carbocycles. The van der Waals surface area contributed by atoms with Gasteiger partial charge in [-0.1, -0.05) is 0 Å². The van der Waals surface area contributed by atoms with E-state index in [-0.39, 0.29) is 11.6 Å². The van der Waals surface area contributed by atoms with Crippen molar-refractivity contribution in [2.75, 3.05) is 18.0 Å². The molecule has 1 amide bonds. The first-order valence-corrected chi connectivity index (χ1v) is 5.97. The van der Waals surface area contributed by atoms with Crippen LogP contribution in [0.5, 0.6) is 0 Å². The number of nitrogens with zero attached hydrogens (tertiary/aromatic N) is 2. The number of halogens is 1. The minimum Gasteiger partial charge on any atom is -0.369 e. The molecule has 1 heterocycles. The number of nitro groups is 1. The number of amides is 1. The Balaban J connectivity index is 2.30. The third-order valence-electron chi connectivity index (χ3n) is 3.30. The van der Waals surface area contributed by atoms with Gasteiger partial charge in [0.2, 0.25) is 5.91 Å². The van der Waals surface area contributed by atoms with E-state index in [0.29, 0.717) is 25.2 Å². The molecule has 1 aromatic carbocycles. The summed E-state index contributed by atoms with van der Waals surface area (Å²) in [6, 6.07) is 3.44. The van der Waals surface area contributed by atoms with Crippen molar-refractivity contribution < 1.29 is 14.1 Å². The van der Waals surface area contributed by atoms with Crippen molar-refractivity contribution in [3.05, 3.63) is 34.1 Å². The van der Waals surface area contributed by atoms with Crippen molar-refractivity contribution >= 4 is 17.3 Å². The van der Waals surface area contributed by atoms with Gasteiger partial charge in [-0.2, -0.15) is 0 Å². The SMILES string of the molecule is NC(=O)C1CCCN(c2ccc(F)cc2[N+](=O)[O-])C1. The molecule has 19 heavy (non-hydrogen) atoms. The van der Waals surface area contributed by atoms with E-state index in [1.165, 1.54) is 12.1 Å². The van der Waals surface area contributed by atoms with Crippen molar-refractivity contribution in [2.24, 2.45) is 11.7 Å². The highest BCUT2D eigenvalue weighted by molar-refractivity contribution is 5.78. The highest BCUT2D eigenvalue weighted by Gasteiger charge is 2.28. The van der Waals surface area contributed by atoms with Gasteiger partial charge >= 0.3 is 0 Å². The van der Waals surface area contributed by atoms with Gasteiger partial charge in [-0.05, 0) is 25.0 Å². The van der Waals surface area contributed by atoms with Gasteiger partial charge in [0, 0.05) is 13.1 Å². The monoisotopic (exact) mass is 267 g/mol. The Labute approximate surface area is 109 Å². The molecule has 1 atom stereocenters. The molecule has 1 fully saturated rings. The summed E-state index contributed by atoms with van der Waals surface area (Å²) >= 11 is 0. The zero-order valence-electron chi connectivity index (χ0n) is 10.2. The lowest BCUT2D eigenvalue weighted by Crippen LogP contribution is -2.41. The molecule has 1 aliphatic rings. The molecular formula is C12H14FN3O3. The molecule has 1 aliphatic heterocycles. The van der Waals surface area contributed by atoms with Crippen molar-refractivity contribution in [2.45, 2.75) is 12.8 Å². The number of nitrogens with two attached hydrogens (primary N) is 1. The summed E-state index contributed by atoms with van der Waals surface area (Å²) in [6.07, 6.45) is 1.41. The smallest absolute Gasteiger partial charge is 0.295 e. The number of anilines is 1. The zero-order chi connectivity index (χ0) is 14.0. The number of benzene rings is 1. The van der Waals surface area contributed by atoms with Crippen LogP contribution in [0.2, 0.25) is 0 Å². The maximum Gasteiger partial charge on any atom is 0.295 e. The zero-order valence-corrected chi connectivity index (χ0v) is 10.2. The van der Waals surface area contributed by atoms with E-state index in [4.69, 9.17) is 5.73 Å². The van der Waals surface area contributed by atoms with Gasteiger partial charge in [-0.25, -0.2) is 4.39 Å². The molecule has 1 aromatic rings. The molecule has 0 bridgehead atoms. The lowest BCUT2D eigenvalue weighted by molar-refractivity contribution is -0.384. The minimum atomic E-state index is -0.654. The van der Waals surface area contributed by atoms with E-state index in [1.54, 1.807) is 4.90 Å². The molecular weight excluding hydrogens is 253 g/mol. The number of carbonyl (C=O) groups is 1. The van der Waals surface area contributed by atoms with Crippen LogP contribution in [0, 0.1) is 21.8 Å². The second-order valence-electron chi connectivity index (χ2n) is 4.58. The van der Waals surface area contributed by atoms with Gasteiger partial charge in [0.1, 0.15) is 11.5 Å². The maximum atomic E-state index is 13.1. The second-order valence-corrected chi connectivity index (χ2v) is 4.58. The topological polar surface area (TPSA) is 89.5 Å². The molecule has 0 aromatic heterocycles. The number of rotatable bonds is 3. The van der Waals surface area contributed by atoms with Gasteiger partial charge in [-0.3, -0.25) is 14.9 Å². The van der Waals surface area contributed by atoms with Crippen LogP contribution in [0.25, 0.3) is 0 Å². The Morgan fingerprint density at radius 3 is 2.89 bits per heavy atom. The standard InChI is InChI=1S/C12H14FN3O3/c13-9-3-4-10(11(6-9)16(18)19)15-5-1-2-8(7-15)12(14)17/h3-4,6,8H,1-2,5,7H2,(H2,14,17). The highest BCUT2D eigenvalue weighted by Crippen LogP contribution is 2.32. The van der Waals surface area contributed by atoms with Crippen LogP contribution < -0.4 is 10.6 Å². The molecule has 6 nitrogen and oxygen atoms in total. The molecule has 1 unspecified atom stereocenters. The van der Waals surface area contributed by atoms with Gasteiger partial charge in [-0.15, -0.1) is 0 Å². The Bertz CT molecular complexity index is 521. The number of hydrogen-bond donors (Lipinski definition) is 1. The van der Waals surface area contributed by atoms with Crippen molar-refractivity contribution in [1.29, 1.82) is 0 Å². The van der Waals surface area contributed by atoms with E-state index in [9.17, 15) is 19.3 Å². The van der Waals surface area contributed by atoms with Crippen molar-refractivity contribution in [3.63, 3.8) is 0 Å². The van der Waals surface area contributed by atoms with Crippen LogP contribution in [0.4, 0.5) is 15.8 Å². The number of primary amides is 1. The largest absolute Gasteiger partial charge is 0.369 e. The normalized spacial score (nSPS) is 19.2. The first-order chi connectivity index (χ1) is 8.99. The number of hydrogen-bond acceptors (Lipinski definition) is 4. The Kier molecular flexibility index (Phi) is 3.64. The van der Waals surface area contributed by atoms with E-state index < -0.39 is 16.6 Å². The fourth-order valence-corrected chi connectivity index (χ4v) is 2.34. The van der Waals surface area contributed by atoms with E-state index in [0.717, 1.165) is 12.5 Å². The van der Waals surface area contributed by atoms with Crippen LogP contribution >= 0.6 is 0 Å². The Morgan fingerprint density at radius 2 is 2.26 bits per heavy atom. The van der Waals surface area contributed by atoms with E-state index in [1.807, 2.05) is 0 Å². The predicted molar refractivity (Wildman–Crippen MR) is 67.2 cm³/mol. The van der Waals surface area contributed by atoms with Crippen LogP contribution in [0.3, 0.4) is 0 Å². The molecule has 102 valence electrons. The number of nitro benzene ring substituents is 1. The fraction of sp³-hybridized carbons (Fsp3) is 0.417. The molecule has 0 saturated carbocycles. The average Bonchev–Trinajstić information content (AvgIpc) is 2.38. The second kappa shape index (κ2) is 5.21. The number of piperidine rings is 1.